The average molecular weight is 387 g/mol. The van der Waals surface area contributed by atoms with Gasteiger partial charge in [-0.1, -0.05) is 0 Å². The van der Waals surface area contributed by atoms with Gasteiger partial charge in [-0.2, -0.15) is 13.9 Å². The molecule has 25 heavy (non-hydrogen) atoms. The van der Waals surface area contributed by atoms with Crippen molar-refractivity contribution in [2.75, 3.05) is 19.6 Å². The molecule has 0 aromatic rings. The Kier molecular flexibility index (Phi) is 5.78. The highest BCUT2D eigenvalue weighted by molar-refractivity contribution is 7.80. The van der Waals surface area contributed by atoms with E-state index in [1.54, 1.807) is 0 Å². The van der Waals surface area contributed by atoms with Gasteiger partial charge in [-0.15, -0.1) is 4.28 Å². The molecule has 0 spiro atoms. The van der Waals surface area contributed by atoms with E-state index >= 15 is 0 Å². The monoisotopic (exact) mass is 387 g/mol. The zero-order valence-electron chi connectivity index (χ0n) is 13.0. The Hall–Kier alpha value is -1.61. The van der Waals surface area contributed by atoms with E-state index in [2.05, 4.69) is 9.71 Å². The maximum atomic E-state index is 13.7. The summed E-state index contributed by atoms with van der Waals surface area (Å²) in [6.07, 6.45) is -1.02. The van der Waals surface area contributed by atoms with Gasteiger partial charge in [-0.3, -0.25) is 14.8 Å². The van der Waals surface area contributed by atoms with Crippen LogP contribution >= 0.6 is 0 Å². The molecule has 2 aliphatic rings. The smallest absolute Gasteiger partial charge is 0.326 e. The fraction of sp³-hybridized carbons (Fsp3) is 0.818. The standard InChI is InChI=1S/C11H19F2N5O6S/c12-11(13)2-4-18(10(20)16-24-25(21,22)23)8(5-11)9(19)15-17-3-1-7(14)6-17/h7-8H,1-6,14H2,(H,15,19)(H,16,20)(H,21,22,23)/t7?,8-/m0/s1. The van der Waals surface area contributed by atoms with Gasteiger partial charge < -0.3 is 10.6 Å². The van der Waals surface area contributed by atoms with Crippen LogP contribution in [-0.2, 0) is 19.5 Å². The number of hydroxylamine groups is 1. The fourth-order valence-electron chi connectivity index (χ4n) is 2.68. The molecule has 0 radical (unpaired) electrons. The molecule has 0 aromatic carbocycles. The molecular weight excluding hydrogens is 368 g/mol. The number of halogens is 2. The van der Waals surface area contributed by atoms with E-state index in [-0.39, 0.29) is 6.04 Å². The predicted molar refractivity (Wildman–Crippen MR) is 78.1 cm³/mol. The number of likely N-dealkylation sites (tertiary alicyclic amines) is 1. The lowest BCUT2D eigenvalue weighted by Gasteiger charge is -2.38. The summed E-state index contributed by atoms with van der Waals surface area (Å²) in [5.74, 6) is -4.01. The van der Waals surface area contributed by atoms with Gasteiger partial charge in [-0.05, 0) is 6.42 Å². The molecule has 0 saturated carbocycles. The van der Waals surface area contributed by atoms with Gasteiger partial charge in [0.1, 0.15) is 6.04 Å². The molecule has 1 unspecified atom stereocenters. The van der Waals surface area contributed by atoms with Crippen LogP contribution in [0.15, 0.2) is 0 Å². The molecule has 11 nitrogen and oxygen atoms in total. The van der Waals surface area contributed by atoms with Crippen LogP contribution in [0.2, 0.25) is 0 Å². The lowest BCUT2D eigenvalue weighted by atomic mass is 9.98. The summed E-state index contributed by atoms with van der Waals surface area (Å²) in [6, 6.07) is -2.95. The lowest BCUT2D eigenvalue weighted by molar-refractivity contribution is -0.139. The number of carbonyl (C=O) groups is 2. The van der Waals surface area contributed by atoms with Crippen LogP contribution in [0.5, 0.6) is 0 Å². The molecule has 0 bridgehead atoms. The highest BCUT2D eigenvalue weighted by atomic mass is 32.3. The summed E-state index contributed by atoms with van der Waals surface area (Å²) in [5, 5.41) is 1.46. The summed E-state index contributed by atoms with van der Waals surface area (Å²) in [4.78, 5) is 24.9. The number of alkyl halides is 2. The van der Waals surface area contributed by atoms with Crippen molar-refractivity contribution < 1.29 is 35.6 Å². The Morgan fingerprint density at radius 3 is 2.56 bits per heavy atom. The topological polar surface area (TPSA) is 154 Å². The molecule has 0 aliphatic carbocycles. The van der Waals surface area contributed by atoms with Gasteiger partial charge in [0.05, 0.1) is 0 Å². The minimum atomic E-state index is -4.97. The Morgan fingerprint density at radius 2 is 2.00 bits per heavy atom. The number of nitrogens with two attached hydrogens (primary N) is 1. The molecule has 2 saturated heterocycles. The van der Waals surface area contributed by atoms with Gasteiger partial charge in [0, 0.05) is 38.5 Å². The van der Waals surface area contributed by atoms with Gasteiger partial charge in [-0.25, -0.2) is 18.6 Å². The summed E-state index contributed by atoms with van der Waals surface area (Å²) in [6.45, 7) is 0.270. The fourth-order valence-corrected chi connectivity index (χ4v) is 2.86. The number of hydrogen-bond acceptors (Lipinski definition) is 7. The van der Waals surface area contributed by atoms with Crippen molar-refractivity contribution in [3.05, 3.63) is 0 Å². The molecule has 144 valence electrons. The van der Waals surface area contributed by atoms with E-state index in [4.69, 9.17) is 10.3 Å². The molecule has 3 amide bonds. The Morgan fingerprint density at radius 1 is 1.32 bits per heavy atom. The third kappa shape index (κ3) is 5.71. The van der Waals surface area contributed by atoms with Gasteiger partial charge >= 0.3 is 16.4 Å². The van der Waals surface area contributed by atoms with E-state index in [0.717, 1.165) is 0 Å². The number of nitrogens with zero attached hydrogens (tertiary/aromatic N) is 2. The zero-order valence-corrected chi connectivity index (χ0v) is 13.8. The number of amides is 3. The first-order valence-electron chi connectivity index (χ1n) is 7.38. The minimum absolute atomic E-state index is 0.157. The van der Waals surface area contributed by atoms with Crippen molar-refractivity contribution in [3.8, 4) is 0 Å². The number of hydrazine groups is 1. The van der Waals surface area contributed by atoms with E-state index in [1.807, 2.05) is 0 Å². The van der Waals surface area contributed by atoms with Crippen LogP contribution in [0, 0.1) is 0 Å². The quantitative estimate of drug-likeness (QED) is 0.339. The third-order valence-corrected chi connectivity index (χ3v) is 4.17. The second kappa shape index (κ2) is 7.33. The highest BCUT2D eigenvalue weighted by Crippen LogP contribution is 2.32. The van der Waals surface area contributed by atoms with Crippen LogP contribution < -0.4 is 16.6 Å². The molecule has 5 N–H and O–H groups in total. The molecule has 2 rings (SSSR count). The van der Waals surface area contributed by atoms with Crippen molar-refractivity contribution in [3.63, 3.8) is 0 Å². The lowest BCUT2D eigenvalue weighted by Crippen LogP contribution is -2.60. The third-order valence-electron chi connectivity index (χ3n) is 3.88. The first-order valence-corrected chi connectivity index (χ1v) is 8.75. The van der Waals surface area contributed by atoms with E-state index in [9.17, 15) is 26.8 Å². The number of carbonyl (C=O) groups excluding carboxylic acids is 2. The SMILES string of the molecule is NC1CCN(NC(=O)[C@@H]2CC(F)(F)CCN2C(=O)NOS(=O)(=O)O)C1. The number of hydrogen-bond donors (Lipinski definition) is 4. The van der Waals surface area contributed by atoms with E-state index in [0.29, 0.717) is 24.4 Å². The molecule has 2 aliphatic heterocycles. The molecular formula is C11H19F2N5O6S. The van der Waals surface area contributed by atoms with Crippen molar-refractivity contribution in [1.29, 1.82) is 0 Å². The number of piperidine rings is 1. The van der Waals surface area contributed by atoms with Crippen molar-refractivity contribution >= 4 is 22.3 Å². The van der Waals surface area contributed by atoms with Crippen LogP contribution in [0.25, 0.3) is 0 Å². The van der Waals surface area contributed by atoms with Crippen molar-refractivity contribution in [2.24, 2.45) is 5.73 Å². The van der Waals surface area contributed by atoms with E-state index in [1.165, 1.54) is 10.5 Å². The first-order chi connectivity index (χ1) is 11.5. The second-order valence-electron chi connectivity index (χ2n) is 5.91. The zero-order chi connectivity index (χ0) is 18.8. The number of nitrogens with one attached hydrogen (secondary N) is 2. The molecule has 2 heterocycles. The van der Waals surface area contributed by atoms with Crippen molar-refractivity contribution in [1.82, 2.24) is 20.8 Å². The van der Waals surface area contributed by atoms with Crippen LogP contribution in [-0.4, -0.2) is 72.5 Å². The van der Waals surface area contributed by atoms with Crippen LogP contribution in [0.1, 0.15) is 19.3 Å². The summed E-state index contributed by atoms with van der Waals surface area (Å²) >= 11 is 0. The highest BCUT2D eigenvalue weighted by Gasteiger charge is 2.46. The largest absolute Gasteiger partial charge is 0.418 e. The molecule has 2 fully saturated rings. The van der Waals surface area contributed by atoms with Crippen molar-refractivity contribution in [2.45, 2.75) is 37.3 Å². The Labute approximate surface area is 142 Å². The summed E-state index contributed by atoms with van der Waals surface area (Å²) in [5.41, 5.74) is 9.51. The normalized spacial score (nSPS) is 27.1. The van der Waals surface area contributed by atoms with Gasteiger partial charge in [0.25, 0.3) is 11.8 Å². The summed E-state index contributed by atoms with van der Waals surface area (Å²) < 4.78 is 60.4. The van der Waals surface area contributed by atoms with E-state index < -0.39 is 53.7 Å². The molecule has 2 atom stereocenters. The minimum Gasteiger partial charge on any atom is -0.326 e. The van der Waals surface area contributed by atoms with Crippen LogP contribution in [0.4, 0.5) is 13.6 Å². The predicted octanol–water partition coefficient (Wildman–Crippen LogP) is -1.41. The summed E-state index contributed by atoms with van der Waals surface area (Å²) in [7, 11) is -4.97. The van der Waals surface area contributed by atoms with Gasteiger partial charge in [0.15, 0.2) is 0 Å². The van der Waals surface area contributed by atoms with Crippen LogP contribution in [0.3, 0.4) is 0 Å². The second-order valence-corrected chi connectivity index (χ2v) is 6.93. The molecule has 14 heteroatoms. The average Bonchev–Trinajstić information content (AvgIpc) is 2.88. The maximum Gasteiger partial charge on any atom is 0.418 e. The number of urea groups is 1. The Bertz CT molecular complexity index is 632. The maximum absolute atomic E-state index is 13.7. The first kappa shape index (κ1) is 19.7. The van der Waals surface area contributed by atoms with Gasteiger partial charge in [0.2, 0.25) is 0 Å². The number of rotatable bonds is 4. The Balaban J connectivity index is 2.05. The molecule has 0 aromatic heterocycles.